The summed E-state index contributed by atoms with van der Waals surface area (Å²) in [6.45, 7) is 2.97. The minimum atomic E-state index is 0. The fourth-order valence-electron chi connectivity index (χ4n) is 3.66. The van der Waals surface area contributed by atoms with E-state index in [2.05, 4.69) is 45.9 Å². The summed E-state index contributed by atoms with van der Waals surface area (Å²) in [6.07, 6.45) is 3.83. The topological polar surface area (TPSA) is 60.0 Å². The Morgan fingerprint density at radius 2 is 1.78 bits per heavy atom. The number of nitrogens with zero attached hydrogens (tertiary/aromatic N) is 4. The van der Waals surface area contributed by atoms with E-state index in [0.29, 0.717) is 5.82 Å². The number of fused-ring (bicyclic) bond motifs is 1. The standard InChI is InChI=1S/C20H23N5.2ClH/c1-24-18-9-12-25(14-15-7-10-22-19(21)13-15)11-8-17(18)20(23-24)16-5-3-2-4-6-16;;/h2-7,10,13H,8-9,11-12,14H2,1H3,(H2,21,22);2*1H. The first-order valence-corrected chi connectivity index (χ1v) is 8.73. The molecular formula is C20H25Cl2N5. The zero-order chi connectivity index (χ0) is 17.2. The van der Waals surface area contributed by atoms with Crippen LogP contribution in [0, 0.1) is 0 Å². The van der Waals surface area contributed by atoms with E-state index < -0.39 is 0 Å². The Hall–Kier alpha value is -2.08. The molecule has 2 aromatic heterocycles. The van der Waals surface area contributed by atoms with Crippen LogP contribution >= 0.6 is 24.8 Å². The first kappa shape index (κ1) is 21.2. The molecule has 3 heterocycles. The van der Waals surface area contributed by atoms with Crippen molar-refractivity contribution >= 4 is 30.6 Å². The summed E-state index contributed by atoms with van der Waals surface area (Å²) < 4.78 is 2.06. The molecule has 0 amide bonds. The summed E-state index contributed by atoms with van der Waals surface area (Å²) in [5.74, 6) is 0.589. The Balaban J connectivity index is 0.00000131. The molecule has 1 aliphatic rings. The predicted octanol–water partition coefficient (Wildman–Crippen LogP) is 3.51. The molecule has 0 saturated heterocycles. The van der Waals surface area contributed by atoms with Crippen molar-refractivity contribution in [1.82, 2.24) is 19.7 Å². The van der Waals surface area contributed by atoms with Gasteiger partial charge < -0.3 is 5.73 Å². The second-order valence-corrected chi connectivity index (χ2v) is 6.63. The lowest BCUT2D eigenvalue weighted by molar-refractivity contribution is 0.278. The maximum absolute atomic E-state index is 5.81. The zero-order valence-electron chi connectivity index (χ0n) is 15.3. The number of nitrogens with two attached hydrogens (primary N) is 1. The number of halogens is 2. The van der Waals surface area contributed by atoms with Crippen molar-refractivity contribution in [2.24, 2.45) is 7.05 Å². The Morgan fingerprint density at radius 1 is 1.04 bits per heavy atom. The van der Waals surface area contributed by atoms with E-state index in [9.17, 15) is 0 Å². The van der Waals surface area contributed by atoms with Gasteiger partial charge in [-0.15, -0.1) is 24.8 Å². The van der Waals surface area contributed by atoms with Gasteiger partial charge in [-0.05, 0) is 24.1 Å². The molecule has 2 N–H and O–H groups in total. The second kappa shape index (κ2) is 9.22. The third-order valence-electron chi connectivity index (χ3n) is 4.92. The van der Waals surface area contributed by atoms with Gasteiger partial charge in [0.15, 0.2) is 0 Å². The number of aromatic nitrogens is 3. The largest absolute Gasteiger partial charge is 0.384 e. The Kier molecular flexibility index (Phi) is 7.25. The molecule has 7 heteroatoms. The van der Waals surface area contributed by atoms with Crippen LogP contribution in [0.2, 0.25) is 0 Å². The van der Waals surface area contributed by atoms with E-state index in [4.69, 9.17) is 10.8 Å². The van der Waals surface area contributed by atoms with Crippen molar-refractivity contribution in [2.45, 2.75) is 19.4 Å². The Labute approximate surface area is 172 Å². The summed E-state index contributed by atoms with van der Waals surface area (Å²) in [4.78, 5) is 6.57. The summed E-state index contributed by atoms with van der Waals surface area (Å²) in [5.41, 5.74) is 12.1. The SMILES string of the molecule is Cl.Cl.Cn1nc(-c2ccccc2)c2c1CCN(Cc1ccnc(N)c1)CC2. The highest BCUT2D eigenvalue weighted by atomic mass is 35.5. The second-order valence-electron chi connectivity index (χ2n) is 6.63. The first-order valence-electron chi connectivity index (χ1n) is 8.73. The number of pyridine rings is 1. The van der Waals surface area contributed by atoms with E-state index in [1.165, 1.54) is 22.4 Å². The van der Waals surface area contributed by atoms with Gasteiger partial charge in [0.05, 0.1) is 5.69 Å². The van der Waals surface area contributed by atoms with E-state index in [1.807, 2.05) is 18.2 Å². The number of benzene rings is 1. The molecule has 0 atom stereocenters. The summed E-state index contributed by atoms with van der Waals surface area (Å²) in [5, 5.41) is 4.80. The minimum Gasteiger partial charge on any atom is -0.384 e. The van der Waals surface area contributed by atoms with Gasteiger partial charge in [0, 0.05) is 56.1 Å². The van der Waals surface area contributed by atoms with Crippen molar-refractivity contribution in [3.05, 3.63) is 65.5 Å². The van der Waals surface area contributed by atoms with Gasteiger partial charge >= 0.3 is 0 Å². The molecule has 0 unspecified atom stereocenters. The number of aryl methyl sites for hydroxylation is 1. The van der Waals surface area contributed by atoms with Crippen LogP contribution in [-0.2, 0) is 26.4 Å². The van der Waals surface area contributed by atoms with Gasteiger partial charge in [0.1, 0.15) is 5.82 Å². The van der Waals surface area contributed by atoms with Crippen molar-refractivity contribution in [2.75, 3.05) is 18.8 Å². The zero-order valence-corrected chi connectivity index (χ0v) is 17.0. The highest BCUT2D eigenvalue weighted by molar-refractivity contribution is 5.85. The molecule has 3 aromatic rings. The van der Waals surface area contributed by atoms with Gasteiger partial charge in [0.25, 0.3) is 0 Å². The molecule has 4 rings (SSSR count). The predicted molar refractivity (Wildman–Crippen MR) is 114 cm³/mol. The molecule has 144 valence electrons. The van der Waals surface area contributed by atoms with Crippen molar-refractivity contribution in [3.63, 3.8) is 0 Å². The molecule has 0 bridgehead atoms. The van der Waals surface area contributed by atoms with Crippen molar-refractivity contribution in [1.29, 1.82) is 0 Å². The molecule has 0 saturated carbocycles. The number of hydrogen-bond acceptors (Lipinski definition) is 4. The van der Waals surface area contributed by atoms with Crippen LogP contribution in [0.3, 0.4) is 0 Å². The Bertz CT molecular complexity index is 879. The molecule has 0 spiro atoms. The lowest BCUT2D eigenvalue weighted by Gasteiger charge is -2.20. The summed E-state index contributed by atoms with van der Waals surface area (Å²) in [7, 11) is 2.06. The van der Waals surface area contributed by atoms with E-state index >= 15 is 0 Å². The quantitative estimate of drug-likeness (QED) is 0.723. The molecule has 1 aliphatic heterocycles. The lowest BCUT2D eigenvalue weighted by Crippen LogP contribution is -2.26. The van der Waals surface area contributed by atoms with Crippen LogP contribution in [0.4, 0.5) is 5.82 Å². The molecule has 5 nitrogen and oxygen atoms in total. The number of nitrogen functional groups attached to an aromatic ring is 1. The highest BCUT2D eigenvalue weighted by Crippen LogP contribution is 2.28. The van der Waals surface area contributed by atoms with E-state index in [0.717, 1.165) is 38.2 Å². The molecular weight excluding hydrogens is 381 g/mol. The number of anilines is 1. The van der Waals surface area contributed by atoms with Crippen LogP contribution in [-0.4, -0.2) is 32.8 Å². The summed E-state index contributed by atoms with van der Waals surface area (Å²) in [6, 6.07) is 14.5. The van der Waals surface area contributed by atoms with Gasteiger partial charge in [-0.1, -0.05) is 30.3 Å². The van der Waals surface area contributed by atoms with E-state index in [1.54, 1.807) is 6.20 Å². The van der Waals surface area contributed by atoms with Gasteiger partial charge in [-0.25, -0.2) is 4.98 Å². The third-order valence-corrected chi connectivity index (χ3v) is 4.92. The van der Waals surface area contributed by atoms with E-state index in [-0.39, 0.29) is 24.8 Å². The molecule has 27 heavy (non-hydrogen) atoms. The van der Waals surface area contributed by atoms with Gasteiger partial charge in [0.2, 0.25) is 0 Å². The minimum absolute atomic E-state index is 0. The highest BCUT2D eigenvalue weighted by Gasteiger charge is 2.22. The average Bonchev–Trinajstić information content (AvgIpc) is 2.79. The average molecular weight is 406 g/mol. The third kappa shape index (κ3) is 4.61. The first-order chi connectivity index (χ1) is 12.2. The van der Waals surface area contributed by atoms with Crippen LogP contribution in [0.1, 0.15) is 16.8 Å². The number of hydrogen-bond donors (Lipinski definition) is 1. The molecule has 0 fully saturated rings. The number of rotatable bonds is 3. The van der Waals surface area contributed by atoms with Gasteiger partial charge in [-0.2, -0.15) is 5.10 Å². The molecule has 0 aliphatic carbocycles. The summed E-state index contributed by atoms with van der Waals surface area (Å²) >= 11 is 0. The van der Waals surface area contributed by atoms with Crippen LogP contribution in [0.5, 0.6) is 0 Å². The molecule has 0 radical (unpaired) electrons. The monoisotopic (exact) mass is 405 g/mol. The van der Waals surface area contributed by atoms with Crippen LogP contribution in [0.15, 0.2) is 48.7 Å². The smallest absolute Gasteiger partial charge is 0.123 e. The molecule has 1 aromatic carbocycles. The van der Waals surface area contributed by atoms with Crippen molar-refractivity contribution < 1.29 is 0 Å². The van der Waals surface area contributed by atoms with Crippen LogP contribution < -0.4 is 5.73 Å². The van der Waals surface area contributed by atoms with Crippen LogP contribution in [0.25, 0.3) is 11.3 Å². The fourth-order valence-corrected chi connectivity index (χ4v) is 3.66. The van der Waals surface area contributed by atoms with Gasteiger partial charge in [-0.3, -0.25) is 9.58 Å². The van der Waals surface area contributed by atoms with Crippen molar-refractivity contribution in [3.8, 4) is 11.3 Å². The maximum Gasteiger partial charge on any atom is 0.123 e. The Morgan fingerprint density at radius 3 is 2.52 bits per heavy atom. The fraction of sp³-hybridized carbons (Fsp3) is 0.300. The maximum atomic E-state index is 5.81. The normalized spacial score (nSPS) is 13.8. The lowest BCUT2D eigenvalue weighted by atomic mass is 10.0.